The Morgan fingerprint density at radius 3 is 2.27 bits per heavy atom. The number of methoxy groups -OCH3 is 2. The minimum Gasteiger partial charge on any atom is -0.497 e. The Bertz CT molecular complexity index is 1480. The highest BCUT2D eigenvalue weighted by atomic mass is 35.5. The number of fused-ring (bicyclic) bond motifs is 1. The minimum atomic E-state index is -3.91. The summed E-state index contributed by atoms with van der Waals surface area (Å²) in [5.74, 6) is 1.03. The molecule has 0 N–H and O–H groups in total. The second-order valence-corrected chi connectivity index (χ2v) is 10.5. The molecule has 0 atom stereocenters. The van der Waals surface area contributed by atoms with Gasteiger partial charge in [0.05, 0.1) is 30.3 Å². The fourth-order valence-electron chi connectivity index (χ4n) is 4.70. The Hall–Kier alpha value is -3.27. The molecule has 0 bridgehead atoms. The van der Waals surface area contributed by atoms with Gasteiger partial charge in [0.15, 0.2) is 0 Å². The number of benzene rings is 3. The number of anilines is 1. The first-order valence-electron chi connectivity index (χ1n) is 11.7. The summed E-state index contributed by atoms with van der Waals surface area (Å²) in [6.07, 6.45) is 1.68. The van der Waals surface area contributed by atoms with Gasteiger partial charge in [-0.2, -0.15) is 0 Å². The van der Waals surface area contributed by atoms with E-state index in [2.05, 4.69) is 15.9 Å². The third-order valence-electron chi connectivity index (χ3n) is 6.62. The van der Waals surface area contributed by atoms with E-state index in [0.717, 1.165) is 60.7 Å². The maximum absolute atomic E-state index is 13.5. The van der Waals surface area contributed by atoms with E-state index in [1.54, 1.807) is 32.5 Å². The predicted octanol–water partition coefficient (Wildman–Crippen LogP) is 4.78. The lowest BCUT2D eigenvalue weighted by Gasteiger charge is -2.36. The van der Waals surface area contributed by atoms with Crippen molar-refractivity contribution in [3.05, 3.63) is 84.3 Å². The summed E-state index contributed by atoms with van der Waals surface area (Å²) in [7, 11) is -0.639. The molecule has 2 heterocycles. The topological polar surface area (TPSA) is 64.0 Å². The lowest BCUT2D eigenvalue weighted by Crippen LogP contribution is -2.46. The van der Waals surface area contributed by atoms with E-state index in [4.69, 9.17) is 9.47 Å². The number of rotatable bonds is 7. The number of aromatic nitrogens is 1. The summed E-state index contributed by atoms with van der Waals surface area (Å²) in [6, 6.07) is 18.2. The fourth-order valence-corrected chi connectivity index (χ4v) is 6.09. The third kappa shape index (κ3) is 5.25. The van der Waals surface area contributed by atoms with Crippen LogP contribution in [0.25, 0.3) is 10.9 Å². The van der Waals surface area contributed by atoms with Crippen molar-refractivity contribution < 1.29 is 22.3 Å². The molecule has 3 aromatic carbocycles. The first-order chi connectivity index (χ1) is 17.4. The number of para-hydroxylation sites is 2. The Morgan fingerprint density at radius 2 is 1.59 bits per heavy atom. The molecule has 37 heavy (non-hydrogen) atoms. The smallest absolute Gasteiger partial charge is 0.268 e. The first kappa shape index (κ1) is 26.8. The number of ether oxygens (including phenoxy) is 2. The molecule has 196 valence electrons. The standard InChI is InChI=1S/C27H28FN3O4S.ClH/c1-34-22-9-12-25-24(17-22)20(19-31(25)36(32,33)23-10-7-21(28)8-11-23)18-29-13-15-30(16-14-29)26-5-3-4-6-27(26)35-2;/h3-12,17,19H,13-16,18H2,1-2H3;1H. The van der Waals surface area contributed by atoms with Crippen LogP contribution in [-0.4, -0.2) is 57.7 Å². The molecule has 0 amide bonds. The van der Waals surface area contributed by atoms with E-state index in [1.807, 2.05) is 24.3 Å². The normalized spacial score (nSPS) is 14.4. The van der Waals surface area contributed by atoms with E-state index < -0.39 is 15.8 Å². The van der Waals surface area contributed by atoms with Gasteiger partial charge in [-0.1, -0.05) is 12.1 Å². The SMILES string of the molecule is COc1ccc2c(c1)c(CN1CCN(c3ccccc3OC)CC1)cn2S(=O)(=O)c1ccc(F)cc1.Cl. The van der Waals surface area contributed by atoms with E-state index in [0.29, 0.717) is 17.8 Å². The average Bonchev–Trinajstić information content (AvgIpc) is 3.27. The zero-order valence-corrected chi connectivity index (χ0v) is 22.3. The molecule has 1 aliphatic rings. The lowest BCUT2D eigenvalue weighted by molar-refractivity contribution is 0.250. The van der Waals surface area contributed by atoms with Crippen LogP contribution in [0.1, 0.15) is 5.56 Å². The molecule has 0 aliphatic carbocycles. The van der Waals surface area contributed by atoms with Gasteiger partial charge in [0.25, 0.3) is 10.0 Å². The third-order valence-corrected chi connectivity index (χ3v) is 8.31. The highest BCUT2D eigenvalue weighted by molar-refractivity contribution is 7.90. The van der Waals surface area contributed by atoms with Gasteiger partial charge in [-0.25, -0.2) is 16.8 Å². The summed E-state index contributed by atoms with van der Waals surface area (Å²) in [6.45, 7) is 3.89. The van der Waals surface area contributed by atoms with E-state index in [-0.39, 0.29) is 17.3 Å². The summed E-state index contributed by atoms with van der Waals surface area (Å²) >= 11 is 0. The van der Waals surface area contributed by atoms with Gasteiger partial charge in [0.2, 0.25) is 0 Å². The second-order valence-electron chi connectivity index (χ2n) is 8.73. The van der Waals surface area contributed by atoms with E-state index >= 15 is 0 Å². The molecule has 0 radical (unpaired) electrons. The van der Waals surface area contributed by atoms with Crippen LogP contribution in [0.5, 0.6) is 11.5 Å². The van der Waals surface area contributed by atoms with E-state index in [1.165, 1.54) is 16.1 Å². The predicted molar refractivity (Wildman–Crippen MR) is 145 cm³/mol. The van der Waals surface area contributed by atoms with Crippen molar-refractivity contribution in [2.45, 2.75) is 11.4 Å². The molecule has 1 fully saturated rings. The lowest BCUT2D eigenvalue weighted by atomic mass is 10.1. The number of piperazine rings is 1. The maximum Gasteiger partial charge on any atom is 0.268 e. The van der Waals surface area contributed by atoms with Gasteiger partial charge in [-0.05, 0) is 60.2 Å². The first-order valence-corrected chi connectivity index (χ1v) is 13.1. The molecule has 5 rings (SSSR count). The number of hydrogen-bond donors (Lipinski definition) is 0. The zero-order valence-electron chi connectivity index (χ0n) is 20.6. The molecule has 0 unspecified atom stereocenters. The minimum absolute atomic E-state index is 0. The maximum atomic E-state index is 13.5. The molecule has 1 aromatic heterocycles. The zero-order chi connectivity index (χ0) is 25.3. The largest absolute Gasteiger partial charge is 0.497 e. The van der Waals surface area contributed by atoms with Crippen molar-refractivity contribution in [2.24, 2.45) is 0 Å². The van der Waals surface area contributed by atoms with Crippen LogP contribution in [0.2, 0.25) is 0 Å². The quantitative estimate of drug-likeness (QED) is 0.333. The van der Waals surface area contributed by atoms with Crippen molar-refractivity contribution in [1.82, 2.24) is 8.87 Å². The van der Waals surface area contributed by atoms with Gasteiger partial charge in [-0.3, -0.25) is 4.90 Å². The average molecular weight is 546 g/mol. The molecular weight excluding hydrogens is 517 g/mol. The highest BCUT2D eigenvalue weighted by Crippen LogP contribution is 2.32. The molecule has 1 aliphatic heterocycles. The molecule has 7 nitrogen and oxygen atoms in total. The Balaban J connectivity index is 0.00000320. The number of halogens is 2. The van der Waals surface area contributed by atoms with Gasteiger partial charge >= 0.3 is 0 Å². The summed E-state index contributed by atoms with van der Waals surface area (Å²) in [5.41, 5.74) is 2.52. The van der Waals surface area contributed by atoms with Crippen molar-refractivity contribution in [1.29, 1.82) is 0 Å². The van der Waals surface area contributed by atoms with Crippen LogP contribution in [0, 0.1) is 5.82 Å². The van der Waals surface area contributed by atoms with Gasteiger partial charge in [0, 0.05) is 44.3 Å². The van der Waals surface area contributed by atoms with Crippen LogP contribution >= 0.6 is 12.4 Å². The molecule has 0 saturated carbocycles. The molecule has 0 spiro atoms. The molecule has 4 aromatic rings. The van der Waals surface area contributed by atoms with Gasteiger partial charge in [-0.15, -0.1) is 12.4 Å². The van der Waals surface area contributed by atoms with Crippen LogP contribution < -0.4 is 14.4 Å². The van der Waals surface area contributed by atoms with Crippen molar-refractivity contribution in [2.75, 3.05) is 45.3 Å². The number of hydrogen-bond acceptors (Lipinski definition) is 6. The fraction of sp³-hybridized carbons (Fsp3) is 0.259. The number of nitrogens with zero attached hydrogens (tertiary/aromatic N) is 3. The Kier molecular flexibility index (Phi) is 7.96. The van der Waals surface area contributed by atoms with Crippen LogP contribution in [0.15, 0.2) is 77.8 Å². The second kappa shape index (κ2) is 11.0. The van der Waals surface area contributed by atoms with Gasteiger partial charge in [0.1, 0.15) is 17.3 Å². The van der Waals surface area contributed by atoms with Crippen LogP contribution in [0.3, 0.4) is 0 Å². The van der Waals surface area contributed by atoms with Crippen molar-refractivity contribution in [3.63, 3.8) is 0 Å². The molecular formula is C27H29ClFN3O4S. The molecule has 1 saturated heterocycles. The Labute approximate surface area is 222 Å². The molecule has 10 heteroatoms. The van der Waals surface area contributed by atoms with Crippen LogP contribution in [0.4, 0.5) is 10.1 Å². The van der Waals surface area contributed by atoms with Gasteiger partial charge < -0.3 is 14.4 Å². The van der Waals surface area contributed by atoms with Crippen LogP contribution in [-0.2, 0) is 16.6 Å². The Morgan fingerprint density at radius 1 is 0.892 bits per heavy atom. The summed E-state index contributed by atoms with van der Waals surface area (Å²) in [5, 5.41) is 0.812. The highest BCUT2D eigenvalue weighted by Gasteiger charge is 2.25. The summed E-state index contributed by atoms with van der Waals surface area (Å²) < 4.78 is 52.6. The van der Waals surface area contributed by atoms with Crippen molar-refractivity contribution in [3.8, 4) is 11.5 Å². The summed E-state index contributed by atoms with van der Waals surface area (Å²) in [4.78, 5) is 4.66. The van der Waals surface area contributed by atoms with Crippen molar-refractivity contribution >= 4 is 39.0 Å². The van der Waals surface area contributed by atoms with E-state index in [9.17, 15) is 12.8 Å². The monoisotopic (exact) mass is 545 g/mol.